The molecule has 4 aliphatic carbocycles. The van der Waals surface area contributed by atoms with Crippen molar-refractivity contribution in [2.75, 3.05) is 6.61 Å². The molecule has 0 aromatic carbocycles. The molecule has 4 saturated carbocycles. The number of ether oxygens (including phenoxy) is 2. The molecule has 10 nitrogen and oxygen atoms in total. The third-order valence-electron chi connectivity index (χ3n) is 13.2. The van der Waals surface area contributed by atoms with Crippen molar-refractivity contribution >= 4 is 0 Å². The highest BCUT2D eigenvalue weighted by atomic mass is 16.7. The Morgan fingerprint density at radius 1 is 0.837 bits per heavy atom. The normalized spacial score (nSPS) is 53.2. The molecule has 1 heterocycles. The lowest BCUT2D eigenvalue weighted by Crippen LogP contribution is -2.68. The fourth-order valence-corrected chi connectivity index (χ4v) is 10.9. The molecule has 8 N–H and O–H groups in total. The molecule has 0 aromatic heterocycles. The molecule has 0 spiro atoms. The molecule has 250 valence electrons. The lowest BCUT2D eigenvalue weighted by atomic mass is 9.42. The van der Waals surface area contributed by atoms with Crippen LogP contribution in [-0.2, 0) is 9.47 Å². The van der Waals surface area contributed by atoms with Crippen LogP contribution in [0.3, 0.4) is 0 Å². The Labute approximate surface area is 256 Å². The number of hydrogen-bond acceptors (Lipinski definition) is 10. The molecule has 0 aromatic rings. The van der Waals surface area contributed by atoms with Crippen LogP contribution in [0.1, 0.15) is 92.4 Å². The van der Waals surface area contributed by atoms with E-state index >= 15 is 0 Å². The van der Waals surface area contributed by atoms with Gasteiger partial charge in [-0.15, -0.1) is 0 Å². The van der Waals surface area contributed by atoms with E-state index in [1.807, 2.05) is 13.8 Å². The first-order valence-electron chi connectivity index (χ1n) is 16.8. The summed E-state index contributed by atoms with van der Waals surface area (Å²) < 4.78 is 11.8. The minimum Gasteiger partial charge on any atom is -0.394 e. The van der Waals surface area contributed by atoms with Gasteiger partial charge in [-0.25, -0.2) is 0 Å². The highest BCUT2D eigenvalue weighted by Crippen LogP contribution is 2.69. The summed E-state index contributed by atoms with van der Waals surface area (Å²) in [5.41, 5.74) is -1.74. The lowest BCUT2D eigenvalue weighted by Gasteiger charge is -2.66. The summed E-state index contributed by atoms with van der Waals surface area (Å²) >= 11 is 0. The predicted octanol–water partition coefficient (Wildman–Crippen LogP) is 1.32. The average Bonchev–Trinajstić information content (AvgIpc) is 3.22. The first-order chi connectivity index (χ1) is 20.1. The van der Waals surface area contributed by atoms with E-state index in [0.29, 0.717) is 25.7 Å². The highest BCUT2D eigenvalue weighted by Gasteiger charge is 2.70. The molecule has 17 atom stereocenters. The van der Waals surface area contributed by atoms with Crippen molar-refractivity contribution < 1.29 is 50.3 Å². The van der Waals surface area contributed by atoms with Crippen LogP contribution in [0.25, 0.3) is 0 Å². The van der Waals surface area contributed by atoms with Crippen LogP contribution in [0.2, 0.25) is 0 Å². The van der Waals surface area contributed by atoms with Gasteiger partial charge in [-0.05, 0) is 91.8 Å². The zero-order chi connectivity index (χ0) is 31.6. The van der Waals surface area contributed by atoms with E-state index in [4.69, 9.17) is 9.47 Å². The third-order valence-corrected chi connectivity index (χ3v) is 13.2. The lowest BCUT2D eigenvalue weighted by molar-refractivity contribution is -0.314. The van der Waals surface area contributed by atoms with Crippen LogP contribution in [0.4, 0.5) is 0 Å². The van der Waals surface area contributed by atoms with Gasteiger partial charge in [-0.1, -0.05) is 34.6 Å². The van der Waals surface area contributed by atoms with E-state index < -0.39 is 61.2 Å². The van der Waals surface area contributed by atoms with Crippen LogP contribution in [0, 0.1) is 46.3 Å². The Kier molecular flexibility index (Phi) is 9.73. The summed E-state index contributed by atoms with van der Waals surface area (Å²) in [6.45, 7) is 10.1. The van der Waals surface area contributed by atoms with Crippen LogP contribution < -0.4 is 0 Å². The van der Waals surface area contributed by atoms with Crippen molar-refractivity contribution in [3.05, 3.63) is 0 Å². The Bertz CT molecular complexity index is 964. The van der Waals surface area contributed by atoms with Gasteiger partial charge >= 0.3 is 0 Å². The highest BCUT2D eigenvalue weighted by molar-refractivity contribution is 5.20. The fourth-order valence-electron chi connectivity index (χ4n) is 10.9. The monoisotopic (exact) mass is 614 g/mol. The molecule has 5 aliphatic rings. The Morgan fingerprint density at radius 3 is 2.16 bits per heavy atom. The molecule has 5 fully saturated rings. The Balaban J connectivity index is 1.29. The molecule has 1 unspecified atom stereocenters. The molecule has 0 bridgehead atoms. The van der Waals surface area contributed by atoms with Gasteiger partial charge in [0.25, 0.3) is 0 Å². The third kappa shape index (κ3) is 5.63. The van der Waals surface area contributed by atoms with E-state index in [9.17, 15) is 40.9 Å². The molecular formula is C33H58O10. The van der Waals surface area contributed by atoms with Crippen LogP contribution in [-0.4, -0.2) is 108 Å². The summed E-state index contributed by atoms with van der Waals surface area (Å²) in [4.78, 5) is 0. The minimum atomic E-state index is -1.49. The molecule has 43 heavy (non-hydrogen) atoms. The average molecular weight is 615 g/mol. The standard InChI is InChI=1S/C33H58O10/c1-16(2)23(42-30-28(40)27(39)26(38)24(15-34)43-30)7-6-17(3)19-13-21(36)29-32(19,5)11-9-25-31(4)10-8-18(35)12-20(31)22(37)14-33(25,29)41/h16-30,34-41H,6-15H2,1-5H3/t17-,18+,19-,20-,21-,22+,23?,24-,25-,26-,27+,28-,29-,30-,31+,32-,33+/m1/s1. The minimum absolute atomic E-state index is 0.0278. The Hall–Kier alpha value is -0.400. The number of rotatable bonds is 8. The summed E-state index contributed by atoms with van der Waals surface area (Å²) in [5, 5.41) is 86.2. The molecule has 0 radical (unpaired) electrons. The first-order valence-corrected chi connectivity index (χ1v) is 16.8. The van der Waals surface area contributed by atoms with E-state index in [-0.39, 0.29) is 58.9 Å². The van der Waals surface area contributed by atoms with Gasteiger partial charge in [0.1, 0.15) is 24.4 Å². The van der Waals surface area contributed by atoms with Gasteiger partial charge in [0.2, 0.25) is 0 Å². The van der Waals surface area contributed by atoms with Crippen molar-refractivity contribution in [3.63, 3.8) is 0 Å². The van der Waals surface area contributed by atoms with E-state index in [2.05, 4.69) is 20.8 Å². The van der Waals surface area contributed by atoms with Crippen LogP contribution in [0.15, 0.2) is 0 Å². The van der Waals surface area contributed by atoms with Gasteiger partial charge in [0, 0.05) is 12.3 Å². The summed E-state index contributed by atoms with van der Waals surface area (Å²) in [6.07, 6.45) is -2.67. The summed E-state index contributed by atoms with van der Waals surface area (Å²) in [7, 11) is 0. The molecule has 0 amide bonds. The fraction of sp³-hybridized carbons (Fsp3) is 1.00. The van der Waals surface area contributed by atoms with Gasteiger partial charge < -0.3 is 50.3 Å². The topological polar surface area (TPSA) is 180 Å². The van der Waals surface area contributed by atoms with Crippen molar-refractivity contribution in [3.8, 4) is 0 Å². The SMILES string of the molecule is CC(C)C(CC[C@@H](C)[C@H]1C[C@@H](O)[C@@H]2[C@]1(C)CC[C@@H]1[C@@]3(C)CC[C@H](O)C[C@@H]3[C@@H](O)C[C@]12O)O[C@@H]1O[C@H](CO)[C@@H](O)[C@H](O)[C@H]1O. The number of aliphatic hydroxyl groups is 8. The molecule has 10 heteroatoms. The van der Waals surface area contributed by atoms with E-state index in [0.717, 1.165) is 25.7 Å². The molecule has 1 aliphatic heterocycles. The zero-order valence-corrected chi connectivity index (χ0v) is 26.6. The smallest absolute Gasteiger partial charge is 0.186 e. The van der Waals surface area contributed by atoms with Crippen molar-refractivity contribution in [1.82, 2.24) is 0 Å². The Morgan fingerprint density at radius 2 is 1.51 bits per heavy atom. The number of hydrogen-bond donors (Lipinski definition) is 8. The number of fused-ring (bicyclic) bond motifs is 5. The second kappa shape index (κ2) is 12.3. The molecular weight excluding hydrogens is 556 g/mol. The van der Waals surface area contributed by atoms with E-state index in [1.54, 1.807) is 0 Å². The van der Waals surface area contributed by atoms with Gasteiger partial charge in [-0.3, -0.25) is 0 Å². The maximum atomic E-state index is 12.5. The quantitative estimate of drug-likeness (QED) is 0.199. The van der Waals surface area contributed by atoms with Crippen LogP contribution in [0.5, 0.6) is 0 Å². The zero-order valence-electron chi connectivity index (χ0n) is 26.6. The summed E-state index contributed by atoms with van der Waals surface area (Å²) in [6, 6.07) is 0. The number of aliphatic hydroxyl groups excluding tert-OH is 7. The summed E-state index contributed by atoms with van der Waals surface area (Å²) in [5.74, 6) is 0.0201. The first kappa shape index (κ1) is 33.9. The van der Waals surface area contributed by atoms with Crippen molar-refractivity contribution in [1.29, 1.82) is 0 Å². The van der Waals surface area contributed by atoms with Gasteiger partial charge in [0.05, 0.1) is 36.6 Å². The largest absolute Gasteiger partial charge is 0.394 e. The van der Waals surface area contributed by atoms with Crippen molar-refractivity contribution in [2.24, 2.45) is 46.3 Å². The van der Waals surface area contributed by atoms with Crippen molar-refractivity contribution in [2.45, 2.75) is 153 Å². The predicted molar refractivity (Wildman–Crippen MR) is 157 cm³/mol. The second-order valence-electron chi connectivity index (χ2n) is 16.0. The molecule has 5 rings (SSSR count). The van der Waals surface area contributed by atoms with Gasteiger partial charge in [0.15, 0.2) is 6.29 Å². The van der Waals surface area contributed by atoms with Crippen LogP contribution >= 0.6 is 0 Å². The maximum Gasteiger partial charge on any atom is 0.186 e. The maximum absolute atomic E-state index is 12.5. The van der Waals surface area contributed by atoms with E-state index in [1.165, 1.54) is 0 Å². The van der Waals surface area contributed by atoms with Gasteiger partial charge in [-0.2, -0.15) is 0 Å². The second-order valence-corrected chi connectivity index (χ2v) is 16.0. The molecule has 1 saturated heterocycles.